The van der Waals surface area contributed by atoms with Gasteiger partial charge in [-0.1, -0.05) is 24.3 Å². The van der Waals surface area contributed by atoms with Crippen molar-refractivity contribution in [1.29, 1.82) is 0 Å². The number of likely N-dealkylation sites (tertiary alicyclic amines) is 1. The number of ether oxygens (including phenoxy) is 1. The molecule has 6 nitrogen and oxygen atoms in total. The molecular formula is C20H19N3O3. The zero-order valence-electron chi connectivity index (χ0n) is 14.5. The smallest absolute Gasteiger partial charge is 0.276 e. The highest BCUT2D eigenvalue weighted by atomic mass is 16.5. The standard InChI is InChI=1S/C20H19N3O3/c1-14-21-17(13-25-14)20(24)23-12-6-10-18(23)16-9-5-11-19(22-16)26-15-7-3-2-4-8-15/h2-5,7-9,11,13,18H,6,10,12H2,1H3. The molecule has 1 aromatic carbocycles. The molecule has 1 saturated heterocycles. The molecule has 1 atom stereocenters. The van der Waals surface area contributed by atoms with Crippen LogP contribution in [0.15, 0.2) is 59.2 Å². The summed E-state index contributed by atoms with van der Waals surface area (Å²) >= 11 is 0. The summed E-state index contributed by atoms with van der Waals surface area (Å²) in [6.45, 7) is 2.41. The number of para-hydroxylation sites is 1. The number of aryl methyl sites for hydroxylation is 1. The lowest BCUT2D eigenvalue weighted by molar-refractivity contribution is 0.0726. The number of benzene rings is 1. The van der Waals surface area contributed by atoms with Gasteiger partial charge in [0, 0.05) is 19.5 Å². The van der Waals surface area contributed by atoms with E-state index in [1.165, 1.54) is 6.26 Å². The quantitative estimate of drug-likeness (QED) is 0.708. The van der Waals surface area contributed by atoms with Gasteiger partial charge in [-0.3, -0.25) is 4.79 Å². The number of oxazole rings is 1. The molecule has 1 aliphatic rings. The van der Waals surface area contributed by atoms with Crippen molar-refractivity contribution < 1.29 is 13.9 Å². The molecule has 0 spiro atoms. The molecule has 26 heavy (non-hydrogen) atoms. The van der Waals surface area contributed by atoms with Crippen LogP contribution in [-0.4, -0.2) is 27.3 Å². The fraction of sp³-hybridized carbons (Fsp3) is 0.250. The van der Waals surface area contributed by atoms with Gasteiger partial charge in [0.15, 0.2) is 11.6 Å². The van der Waals surface area contributed by atoms with Crippen molar-refractivity contribution >= 4 is 5.91 Å². The maximum absolute atomic E-state index is 12.8. The Morgan fingerprint density at radius 1 is 1.15 bits per heavy atom. The van der Waals surface area contributed by atoms with Crippen molar-refractivity contribution in [3.63, 3.8) is 0 Å². The summed E-state index contributed by atoms with van der Waals surface area (Å²) in [6, 6.07) is 15.1. The van der Waals surface area contributed by atoms with Crippen LogP contribution < -0.4 is 4.74 Å². The monoisotopic (exact) mass is 349 g/mol. The first kappa shape index (κ1) is 16.3. The molecule has 132 valence electrons. The van der Waals surface area contributed by atoms with E-state index < -0.39 is 0 Å². The Bertz CT molecular complexity index is 907. The van der Waals surface area contributed by atoms with Crippen LogP contribution in [0.5, 0.6) is 11.6 Å². The minimum absolute atomic E-state index is 0.0844. The van der Waals surface area contributed by atoms with E-state index >= 15 is 0 Å². The number of pyridine rings is 1. The Labute approximate surface area is 151 Å². The number of rotatable bonds is 4. The van der Waals surface area contributed by atoms with Crippen LogP contribution in [0.25, 0.3) is 0 Å². The first-order valence-electron chi connectivity index (χ1n) is 8.63. The van der Waals surface area contributed by atoms with E-state index in [0.29, 0.717) is 24.0 Å². The van der Waals surface area contributed by atoms with E-state index in [1.807, 2.05) is 53.4 Å². The number of nitrogens with zero attached hydrogens (tertiary/aromatic N) is 3. The molecule has 1 aliphatic heterocycles. The van der Waals surface area contributed by atoms with Crippen molar-refractivity contribution in [3.05, 3.63) is 72.1 Å². The normalized spacial score (nSPS) is 16.7. The number of carbonyl (C=O) groups is 1. The van der Waals surface area contributed by atoms with Crippen LogP contribution in [-0.2, 0) is 0 Å². The second-order valence-corrected chi connectivity index (χ2v) is 6.22. The van der Waals surface area contributed by atoms with Crippen LogP contribution in [0.3, 0.4) is 0 Å². The summed E-state index contributed by atoms with van der Waals surface area (Å²) in [6.07, 6.45) is 3.21. The highest BCUT2D eigenvalue weighted by molar-refractivity contribution is 5.92. The first-order chi connectivity index (χ1) is 12.7. The summed E-state index contributed by atoms with van der Waals surface area (Å²) in [5.74, 6) is 1.61. The van der Waals surface area contributed by atoms with Gasteiger partial charge < -0.3 is 14.1 Å². The van der Waals surface area contributed by atoms with Crippen molar-refractivity contribution in [2.24, 2.45) is 0 Å². The number of carbonyl (C=O) groups excluding carboxylic acids is 1. The second kappa shape index (κ2) is 7.00. The van der Waals surface area contributed by atoms with Crippen LogP contribution in [0.1, 0.15) is 41.0 Å². The zero-order chi connectivity index (χ0) is 17.9. The van der Waals surface area contributed by atoms with Gasteiger partial charge in [0.2, 0.25) is 5.88 Å². The highest BCUT2D eigenvalue weighted by Crippen LogP contribution is 2.33. The third-order valence-corrected chi connectivity index (χ3v) is 4.40. The second-order valence-electron chi connectivity index (χ2n) is 6.22. The van der Waals surface area contributed by atoms with Gasteiger partial charge in [0.25, 0.3) is 5.91 Å². The Hall–Kier alpha value is -3.15. The Morgan fingerprint density at radius 3 is 2.77 bits per heavy atom. The van der Waals surface area contributed by atoms with Crippen LogP contribution in [0.4, 0.5) is 0 Å². The lowest BCUT2D eigenvalue weighted by Gasteiger charge is -2.23. The predicted molar refractivity (Wildman–Crippen MR) is 95.0 cm³/mol. The molecule has 0 radical (unpaired) electrons. The van der Waals surface area contributed by atoms with E-state index in [-0.39, 0.29) is 11.9 Å². The maximum atomic E-state index is 12.8. The van der Waals surface area contributed by atoms with Gasteiger partial charge in [-0.2, -0.15) is 0 Å². The van der Waals surface area contributed by atoms with Crippen LogP contribution in [0, 0.1) is 6.92 Å². The minimum atomic E-state index is -0.125. The first-order valence-corrected chi connectivity index (χ1v) is 8.63. The number of amides is 1. The summed E-state index contributed by atoms with van der Waals surface area (Å²) in [4.78, 5) is 23.4. The SMILES string of the molecule is Cc1nc(C(=O)N2CCCC2c2cccc(Oc3ccccc3)n2)co1. The van der Waals surface area contributed by atoms with Crippen molar-refractivity contribution in [1.82, 2.24) is 14.9 Å². The summed E-state index contributed by atoms with van der Waals surface area (Å²) in [5, 5.41) is 0. The molecule has 1 unspecified atom stereocenters. The number of hydrogen-bond donors (Lipinski definition) is 0. The Kier molecular flexibility index (Phi) is 4.39. The lowest BCUT2D eigenvalue weighted by Crippen LogP contribution is -2.31. The molecule has 4 rings (SSSR count). The summed E-state index contributed by atoms with van der Waals surface area (Å²) < 4.78 is 11.0. The van der Waals surface area contributed by atoms with Crippen molar-refractivity contribution in [2.75, 3.05) is 6.54 Å². The molecule has 2 aromatic heterocycles. The zero-order valence-corrected chi connectivity index (χ0v) is 14.5. The van der Waals surface area contributed by atoms with Crippen molar-refractivity contribution in [2.45, 2.75) is 25.8 Å². The van der Waals surface area contributed by atoms with E-state index in [1.54, 1.807) is 6.92 Å². The number of hydrogen-bond acceptors (Lipinski definition) is 5. The van der Waals surface area contributed by atoms with Crippen molar-refractivity contribution in [3.8, 4) is 11.6 Å². The number of aromatic nitrogens is 2. The Balaban J connectivity index is 1.56. The third-order valence-electron chi connectivity index (χ3n) is 4.40. The lowest BCUT2D eigenvalue weighted by atomic mass is 10.1. The summed E-state index contributed by atoms with van der Waals surface area (Å²) in [5.41, 5.74) is 1.16. The molecule has 0 aliphatic carbocycles. The molecule has 0 bridgehead atoms. The van der Waals surface area contributed by atoms with E-state index in [0.717, 1.165) is 24.3 Å². The topological polar surface area (TPSA) is 68.5 Å². The molecule has 6 heteroatoms. The van der Waals surface area contributed by atoms with Gasteiger partial charge in [0.1, 0.15) is 12.0 Å². The molecular weight excluding hydrogens is 330 g/mol. The van der Waals surface area contributed by atoms with E-state index in [9.17, 15) is 4.79 Å². The minimum Gasteiger partial charge on any atom is -0.448 e. The van der Waals surface area contributed by atoms with Gasteiger partial charge in [-0.05, 0) is 31.0 Å². The van der Waals surface area contributed by atoms with E-state index in [4.69, 9.17) is 9.15 Å². The average Bonchev–Trinajstić information content (AvgIpc) is 3.31. The largest absolute Gasteiger partial charge is 0.448 e. The predicted octanol–water partition coefficient (Wildman–Crippen LogP) is 4.15. The molecule has 0 N–H and O–H groups in total. The van der Waals surface area contributed by atoms with Gasteiger partial charge in [0.05, 0.1) is 11.7 Å². The Morgan fingerprint density at radius 2 is 2.00 bits per heavy atom. The molecule has 3 heterocycles. The molecule has 1 amide bonds. The van der Waals surface area contributed by atoms with Crippen LogP contribution in [0.2, 0.25) is 0 Å². The third kappa shape index (κ3) is 3.31. The summed E-state index contributed by atoms with van der Waals surface area (Å²) in [7, 11) is 0. The van der Waals surface area contributed by atoms with E-state index in [2.05, 4.69) is 9.97 Å². The van der Waals surface area contributed by atoms with Gasteiger partial charge >= 0.3 is 0 Å². The molecule has 1 fully saturated rings. The fourth-order valence-corrected chi connectivity index (χ4v) is 3.21. The fourth-order valence-electron chi connectivity index (χ4n) is 3.21. The van der Waals surface area contributed by atoms with Gasteiger partial charge in [-0.25, -0.2) is 9.97 Å². The molecule has 3 aromatic rings. The van der Waals surface area contributed by atoms with Gasteiger partial charge in [-0.15, -0.1) is 0 Å². The maximum Gasteiger partial charge on any atom is 0.276 e. The average molecular weight is 349 g/mol. The highest BCUT2D eigenvalue weighted by Gasteiger charge is 2.33. The molecule has 0 saturated carbocycles. The van der Waals surface area contributed by atoms with Crippen LogP contribution >= 0.6 is 0 Å².